The Hall–Kier alpha value is -1.51. The van der Waals surface area contributed by atoms with Gasteiger partial charge in [0.05, 0.1) is 0 Å². The van der Waals surface area contributed by atoms with Crippen LogP contribution in [-0.2, 0) is 4.74 Å². The van der Waals surface area contributed by atoms with E-state index in [-0.39, 0.29) is 6.10 Å². The molecule has 4 aliphatic carbocycles. The maximum atomic E-state index is 10.7. The molecule has 0 spiro atoms. The molecule has 0 amide bonds. The quantitative estimate of drug-likeness (QED) is 0.730. The van der Waals surface area contributed by atoms with Gasteiger partial charge in [-0.2, -0.15) is 0 Å². The molecule has 2 fully saturated rings. The lowest BCUT2D eigenvalue weighted by Crippen LogP contribution is -2.42. The lowest BCUT2D eigenvalue weighted by atomic mass is 9.57. The van der Waals surface area contributed by atoms with Gasteiger partial charge in [0.1, 0.15) is 6.10 Å². The van der Waals surface area contributed by atoms with Crippen LogP contribution in [0.4, 0.5) is 4.79 Å². The van der Waals surface area contributed by atoms with Crippen molar-refractivity contribution in [2.75, 3.05) is 0 Å². The molecule has 0 bridgehead atoms. The Kier molecular flexibility index (Phi) is 3.16. The molecule has 2 saturated carbocycles. The Morgan fingerprint density at radius 3 is 2.95 bits per heavy atom. The van der Waals surface area contributed by atoms with Crippen molar-refractivity contribution in [3.8, 4) is 0 Å². The van der Waals surface area contributed by atoms with E-state index in [0.717, 1.165) is 37.0 Å². The highest BCUT2D eigenvalue weighted by Gasteiger charge is 2.45. The zero-order chi connectivity index (χ0) is 14.4. The average molecular weight is 286 g/mol. The monoisotopic (exact) mass is 286 g/mol. The minimum atomic E-state index is -1.11. The van der Waals surface area contributed by atoms with Crippen LogP contribution in [-0.4, -0.2) is 17.4 Å². The molecule has 5 unspecified atom stereocenters. The molecule has 4 rings (SSSR count). The number of hydrogen-bond acceptors (Lipinski definition) is 2. The zero-order valence-corrected chi connectivity index (χ0v) is 12.2. The Balaban J connectivity index is 1.50. The van der Waals surface area contributed by atoms with E-state index < -0.39 is 6.16 Å². The molecule has 3 nitrogen and oxygen atoms in total. The molecule has 0 aromatic heterocycles. The molecule has 112 valence electrons. The highest BCUT2D eigenvalue weighted by Crippen LogP contribution is 2.53. The van der Waals surface area contributed by atoms with Crippen LogP contribution in [0.25, 0.3) is 0 Å². The van der Waals surface area contributed by atoms with Gasteiger partial charge in [0, 0.05) is 0 Å². The van der Waals surface area contributed by atoms with Crippen molar-refractivity contribution < 1.29 is 14.6 Å². The standard InChI is InChI=1S/C18H22O3/c19-18(20)21-13-6-9-15-12(10-13)5-8-16-14-3-1-2-11(14)4-7-17(15)16/h1-4,12-13,15-17H,5-10H2,(H,19,20). The summed E-state index contributed by atoms with van der Waals surface area (Å²) in [6.45, 7) is 0. The highest BCUT2D eigenvalue weighted by atomic mass is 16.7. The van der Waals surface area contributed by atoms with Crippen molar-refractivity contribution in [2.24, 2.45) is 23.7 Å². The van der Waals surface area contributed by atoms with Crippen molar-refractivity contribution in [2.45, 2.75) is 44.6 Å². The van der Waals surface area contributed by atoms with Crippen LogP contribution in [0.1, 0.15) is 38.5 Å². The zero-order valence-electron chi connectivity index (χ0n) is 12.2. The molecule has 4 aliphatic rings. The maximum Gasteiger partial charge on any atom is 0.506 e. The topological polar surface area (TPSA) is 46.5 Å². The summed E-state index contributed by atoms with van der Waals surface area (Å²) in [6, 6.07) is 0. The van der Waals surface area contributed by atoms with Gasteiger partial charge in [0.15, 0.2) is 0 Å². The lowest BCUT2D eigenvalue weighted by Gasteiger charge is -2.49. The first kappa shape index (κ1) is 13.2. The van der Waals surface area contributed by atoms with E-state index in [4.69, 9.17) is 9.84 Å². The SMILES string of the molecule is O=C(O)OC1CCC2C(CCC3C4=CC=CC4=CCC32)C1. The van der Waals surface area contributed by atoms with Crippen LogP contribution in [0, 0.1) is 23.7 Å². The first-order valence-corrected chi connectivity index (χ1v) is 8.20. The van der Waals surface area contributed by atoms with Gasteiger partial charge >= 0.3 is 6.16 Å². The maximum absolute atomic E-state index is 10.7. The van der Waals surface area contributed by atoms with Gasteiger partial charge in [0.25, 0.3) is 0 Å². The predicted octanol–water partition coefficient (Wildman–Crippen LogP) is 4.32. The molecule has 0 saturated heterocycles. The van der Waals surface area contributed by atoms with Crippen LogP contribution < -0.4 is 0 Å². The minimum absolute atomic E-state index is 0.0673. The Labute approximate surface area is 125 Å². The summed E-state index contributed by atoms with van der Waals surface area (Å²) in [5.74, 6) is 2.92. The van der Waals surface area contributed by atoms with Gasteiger partial charge in [0.2, 0.25) is 0 Å². The first-order chi connectivity index (χ1) is 10.2. The lowest BCUT2D eigenvalue weighted by molar-refractivity contribution is -0.0203. The Morgan fingerprint density at radius 1 is 1.19 bits per heavy atom. The van der Waals surface area contributed by atoms with E-state index in [1.54, 1.807) is 5.57 Å². The van der Waals surface area contributed by atoms with Gasteiger partial charge < -0.3 is 9.84 Å². The fourth-order valence-corrected chi connectivity index (χ4v) is 5.26. The number of allylic oxidation sites excluding steroid dienone is 6. The van der Waals surface area contributed by atoms with E-state index >= 15 is 0 Å². The molecule has 3 heteroatoms. The fraction of sp³-hybridized carbons (Fsp3) is 0.611. The number of hydrogen-bond donors (Lipinski definition) is 1. The molecule has 21 heavy (non-hydrogen) atoms. The summed E-state index contributed by atoms with van der Waals surface area (Å²) < 4.78 is 5.03. The van der Waals surface area contributed by atoms with Crippen LogP contribution >= 0.6 is 0 Å². The molecule has 0 aromatic carbocycles. The molecule has 0 aliphatic heterocycles. The molecule has 0 heterocycles. The summed E-state index contributed by atoms with van der Waals surface area (Å²) in [5.41, 5.74) is 3.02. The van der Waals surface area contributed by atoms with E-state index in [9.17, 15) is 4.79 Å². The van der Waals surface area contributed by atoms with Crippen molar-refractivity contribution in [1.82, 2.24) is 0 Å². The summed E-state index contributed by atoms with van der Waals surface area (Å²) in [4.78, 5) is 10.7. The van der Waals surface area contributed by atoms with Gasteiger partial charge in [-0.3, -0.25) is 0 Å². The van der Waals surface area contributed by atoms with E-state index in [1.165, 1.54) is 24.8 Å². The number of carboxylic acid groups (broad SMARTS) is 1. The third kappa shape index (κ3) is 2.23. The second-order valence-corrected chi connectivity index (χ2v) is 6.97. The van der Waals surface area contributed by atoms with Crippen molar-refractivity contribution in [3.63, 3.8) is 0 Å². The number of fused-ring (bicyclic) bond motifs is 5. The number of carbonyl (C=O) groups is 1. The summed E-state index contributed by atoms with van der Waals surface area (Å²) in [5, 5.41) is 8.81. The first-order valence-electron chi connectivity index (χ1n) is 8.20. The average Bonchev–Trinajstić information content (AvgIpc) is 2.94. The van der Waals surface area contributed by atoms with Crippen LogP contribution in [0.2, 0.25) is 0 Å². The van der Waals surface area contributed by atoms with Crippen molar-refractivity contribution >= 4 is 6.16 Å². The van der Waals surface area contributed by atoms with E-state index in [2.05, 4.69) is 24.3 Å². The molecular formula is C18H22O3. The normalized spacial score (nSPS) is 40.5. The van der Waals surface area contributed by atoms with Crippen LogP contribution in [0.3, 0.4) is 0 Å². The van der Waals surface area contributed by atoms with Gasteiger partial charge in [-0.05, 0) is 73.3 Å². The van der Waals surface area contributed by atoms with Gasteiger partial charge in [-0.25, -0.2) is 4.79 Å². The smallest absolute Gasteiger partial charge is 0.450 e. The molecule has 5 atom stereocenters. The Bertz CT molecular complexity index is 543. The second-order valence-electron chi connectivity index (χ2n) is 6.97. The van der Waals surface area contributed by atoms with Gasteiger partial charge in [-0.15, -0.1) is 0 Å². The fourth-order valence-electron chi connectivity index (χ4n) is 5.26. The minimum Gasteiger partial charge on any atom is -0.450 e. The molecule has 1 N–H and O–H groups in total. The highest BCUT2D eigenvalue weighted by molar-refractivity contribution is 5.57. The summed E-state index contributed by atoms with van der Waals surface area (Å²) >= 11 is 0. The van der Waals surface area contributed by atoms with E-state index in [1.807, 2.05) is 0 Å². The van der Waals surface area contributed by atoms with Crippen LogP contribution in [0.15, 0.2) is 35.5 Å². The van der Waals surface area contributed by atoms with Crippen LogP contribution in [0.5, 0.6) is 0 Å². The number of ether oxygens (including phenoxy) is 1. The Morgan fingerprint density at radius 2 is 2.10 bits per heavy atom. The molecular weight excluding hydrogens is 264 g/mol. The third-order valence-electron chi connectivity index (χ3n) is 6.07. The van der Waals surface area contributed by atoms with Crippen molar-refractivity contribution in [1.29, 1.82) is 0 Å². The van der Waals surface area contributed by atoms with Gasteiger partial charge in [-0.1, -0.05) is 24.3 Å². The summed E-state index contributed by atoms with van der Waals surface area (Å²) in [6.07, 6.45) is 14.6. The second kappa shape index (κ2) is 5.04. The molecule has 0 radical (unpaired) electrons. The van der Waals surface area contributed by atoms with E-state index in [0.29, 0.717) is 5.92 Å². The largest absolute Gasteiger partial charge is 0.506 e. The predicted molar refractivity (Wildman–Crippen MR) is 79.9 cm³/mol. The summed E-state index contributed by atoms with van der Waals surface area (Å²) in [7, 11) is 0. The third-order valence-corrected chi connectivity index (χ3v) is 6.07. The number of rotatable bonds is 1. The van der Waals surface area contributed by atoms with Crippen molar-refractivity contribution in [3.05, 3.63) is 35.5 Å². The molecule has 0 aromatic rings.